The molecule has 0 radical (unpaired) electrons. The highest BCUT2D eigenvalue weighted by atomic mass is 15.1. The van der Waals surface area contributed by atoms with Gasteiger partial charge < -0.3 is 10.2 Å². The minimum atomic E-state index is 0.613. The summed E-state index contributed by atoms with van der Waals surface area (Å²) in [7, 11) is 4.25. The molecule has 0 fully saturated rings. The van der Waals surface area contributed by atoms with Crippen LogP contribution in [0.5, 0.6) is 0 Å². The van der Waals surface area contributed by atoms with Crippen molar-refractivity contribution in [1.82, 2.24) is 15.2 Å². The number of hydrogen-bond donors (Lipinski definition) is 1. The zero-order valence-corrected chi connectivity index (χ0v) is 9.90. The normalized spacial score (nSPS) is 13.1. The number of nitrogens with zero attached hydrogens (tertiary/aromatic N) is 2. The fourth-order valence-corrected chi connectivity index (χ4v) is 1.58. The van der Waals surface area contributed by atoms with Crippen LogP contribution < -0.4 is 5.32 Å². The summed E-state index contributed by atoms with van der Waals surface area (Å²) >= 11 is 0. The molecule has 1 unspecified atom stereocenters. The van der Waals surface area contributed by atoms with Crippen LogP contribution >= 0.6 is 0 Å². The number of likely N-dealkylation sites (N-methyl/N-ethyl adjacent to an activating group) is 1. The van der Waals surface area contributed by atoms with E-state index in [0.717, 1.165) is 13.1 Å². The van der Waals surface area contributed by atoms with Gasteiger partial charge in [-0.2, -0.15) is 0 Å². The van der Waals surface area contributed by atoms with Crippen molar-refractivity contribution in [2.24, 2.45) is 0 Å². The number of pyridine rings is 1. The van der Waals surface area contributed by atoms with E-state index in [-0.39, 0.29) is 0 Å². The van der Waals surface area contributed by atoms with E-state index in [2.05, 4.69) is 42.3 Å². The van der Waals surface area contributed by atoms with Crippen LogP contribution in [0.4, 0.5) is 0 Å². The zero-order chi connectivity index (χ0) is 11.1. The van der Waals surface area contributed by atoms with Gasteiger partial charge in [-0.15, -0.1) is 0 Å². The van der Waals surface area contributed by atoms with E-state index in [4.69, 9.17) is 0 Å². The molecule has 0 aromatic carbocycles. The third kappa shape index (κ3) is 4.40. The Balaban J connectivity index is 2.27. The van der Waals surface area contributed by atoms with Crippen LogP contribution in [0, 0.1) is 0 Å². The number of nitrogens with one attached hydrogen (secondary N) is 1. The Morgan fingerprint density at radius 2 is 2.27 bits per heavy atom. The van der Waals surface area contributed by atoms with Crippen LogP contribution in [-0.2, 0) is 6.54 Å². The van der Waals surface area contributed by atoms with Crippen molar-refractivity contribution in [1.29, 1.82) is 0 Å². The van der Waals surface area contributed by atoms with Crippen LogP contribution in [0.15, 0.2) is 24.5 Å². The monoisotopic (exact) mass is 207 g/mol. The van der Waals surface area contributed by atoms with Crippen LogP contribution in [0.1, 0.15) is 18.9 Å². The first-order chi connectivity index (χ1) is 7.24. The molecule has 15 heavy (non-hydrogen) atoms. The molecule has 1 heterocycles. The van der Waals surface area contributed by atoms with Gasteiger partial charge in [0.15, 0.2) is 0 Å². The number of hydrogen-bond acceptors (Lipinski definition) is 3. The van der Waals surface area contributed by atoms with Crippen molar-refractivity contribution < 1.29 is 0 Å². The van der Waals surface area contributed by atoms with Crippen LogP contribution in [0.25, 0.3) is 0 Å². The SMILES string of the molecule is CCC(CNCc1cccnc1)N(C)C. The van der Waals surface area contributed by atoms with Crippen LogP contribution in [0.3, 0.4) is 0 Å². The van der Waals surface area contributed by atoms with Crippen molar-refractivity contribution in [2.45, 2.75) is 25.9 Å². The summed E-state index contributed by atoms with van der Waals surface area (Å²) in [5.41, 5.74) is 1.24. The first kappa shape index (κ1) is 12.1. The molecule has 1 aromatic heterocycles. The number of rotatable bonds is 6. The molecule has 0 aliphatic rings. The third-order valence-corrected chi connectivity index (χ3v) is 2.63. The van der Waals surface area contributed by atoms with E-state index >= 15 is 0 Å². The van der Waals surface area contributed by atoms with Gasteiger partial charge in [0.1, 0.15) is 0 Å². The van der Waals surface area contributed by atoms with Crippen molar-refractivity contribution in [2.75, 3.05) is 20.6 Å². The summed E-state index contributed by atoms with van der Waals surface area (Å²) < 4.78 is 0. The Hall–Kier alpha value is -0.930. The summed E-state index contributed by atoms with van der Waals surface area (Å²) in [6, 6.07) is 4.68. The van der Waals surface area contributed by atoms with Gasteiger partial charge in [0.2, 0.25) is 0 Å². The summed E-state index contributed by atoms with van der Waals surface area (Å²) in [4.78, 5) is 6.35. The molecule has 84 valence electrons. The van der Waals surface area contributed by atoms with Crippen molar-refractivity contribution >= 4 is 0 Å². The Morgan fingerprint density at radius 3 is 2.80 bits per heavy atom. The third-order valence-electron chi connectivity index (χ3n) is 2.63. The Bertz CT molecular complexity index is 259. The maximum Gasteiger partial charge on any atom is 0.0312 e. The molecule has 1 aromatic rings. The van der Waals surface area contributed by atoms with Gasteiger partial charge in [0.05, 0.1) is 0 Å². The Kier molecular flexibility index (Phi) is 5.29. The van der Waals surface area contributed by atoms with E-state index < -0.39 is 0 Å². The van der Waals surface area contributed by atoms with Gasteiger partial charge in [0.25, 0.3) is 0 Å². The molecule has 0 amide bonds. The van der Waals surface area contributed by atoms with Gasteiger partial charge >= 0.3 is 0 Å². The average Bonchev–Trinajstić information content (AvgIpc) is 2.25. The second-order valence-corrected chi connectivity index (χ2v) is 4.02. The Morgan fingerprint density at radius 1 is 1.47 bits per heavy atom. The fraction of sp³-hybridized carbons (Fsp3) is 0.583. The van der Waals surface area contributed by atoms with E-state index in [9.17, 15) is 0 Å². The van der Waals surface area contributed by atoms with Gasteiger partial charge in [-0.25, -0.2) is 0 Å². The number of aromatic nitrogens is 1. The predicted octanol–water partition coefficient (Wildman–Crippen LogP) is 1.51. The maximum absolute atomic E-state index is 4.09. The zero-order valence-electron chi connectivity index (χ0n) is 9.90. The van der Waals surface area contributed by atoms with E-state index in [1.165, 1.54) is 12.0 Å². The molecule has 1 rings (SSSR count). The second kappa shape index (κ2) is 6.53. The van der Waals surface area contributed by atoms with Gasteiger partial charge in [-0.3, -0.25) is 4.98 Å². The quantitative estimate of drug-likeness (QED) is 0.766. The van der Waals surface area contributed by atoms with E-state index in [1.807, 2.05) is 12.3 Å². The lowest BCUT2D eigenvalue weighted by atomic mass is 10.2. The molecule has 0 bridgehead atoms. The summed E-state index contributed by atoms with van der Waals surface area (Å²) in [5, 5.41) is 3.45. The van der Waals surface area contributed by atoms with Crippen LogP contribution in [-0.4, -0.2) is 36.6 Å². The standard InChI is InChI=1S/C12H21N3/c1-4-12(15(2)3)10-14-9-11-6-5-7-13-8-11/h5-8,12,14H,4,9-10H2,1-3H3. The smallest absolute Gasteiger partial charge is 0.0312 e. The first-order valence-electron chi connectivity index (χ1n) is 5.50. The molecule has 0 aliphatic carbocycles. The lowest BCUT2D eigenvalue weighted by Crippen LogP contribution is -2.37. The maximum atomic E-state index is 4.09. The topological polar surface area (TPSA) is 28.2 Å². The molecule has 0 spiro atoms. The second-order valence-electron chi connectivity index (χ2n) is 4.02. The predicted molar refractivity (Wildman–Crippen MR) is 63.7 cm³/mol. The van der Waals surface area contributed by atoms with Crippen molar-refractivity contribution in [3.8, 4) is 0 Å². The van der Waals surface area contributed by atoms with Gasteiger partial charge in [0, 0.05) is 31.5 Å². The van der Waals surface area contributed by atoms with Crippen molar-refractivity contribution in [3.05, 3.63) is 30.1 Å². The largest absolute Gasteiger partial charge is 0.311 e. The van der Waals surface area contributed by atoms with Gasteiger partial charge in [-0.1, -0.05) is 13.0 Å². The minimum Gasteiger partial charge on any atom is -0.311 e. The van der Waals surface area contributed by atoms with E-state index in [0.29, 0.717) is 6.04 Å². The lowest BCUT2D eigenvalue weighted by molar-refractivity contribution is 0.276. The summed E-state index contributed by atoms with van der Waals surface area (Å²) in [5.74, 6) is 0. The molecule has 0 saturated heterocycles. The highest BCUT2D eigenvalue weighted by Gasteiger charge is 2.07. The first-order valence-corrected chi connectivity index (χ1v) is 5.50. The van der Waals surface area contributed by atoms with Crippen molar-refractivity contribution in [3.63, 3.8) is 0 Å². The average molecular weight is 207 g/mol. The van der Waals surface area contributed by atoms with Gasteiger partial charge in [-0.05, 0) is 32.1 Å². The molecule has 3 nitrogen and oxygen atoms in total. The fourth-order valence-electron chi connectivity index (χ4n) is 1.58. The summed E-state index contributed by atoms with van der Waals surface area (Å²) in [6.45, 7) is 4.15. The molecule has 3 heteroatoms. The molecular formula is C12H21N3. The molecular weight excluding hydrogens is 186 g/mol. The molecule has 1 N–H and O–H groups in total. The highest BCUT2D eigenvalue weighted by Crippen LogP contribution is 1.99. The Labute approximate surface area is 92.5 Å². The minimum absolute atomic E-state index is 0.613. The molecule has 0 aliphatic heterocycles. The molecule has 1 atom stereocenters. The summed E-state index contributed by atoms with van der Waals surface area (Å²) in [6.07, 6.45) is 4.88. The lowest BCUT2D eigenvalue weighted by Gasteiger charge is -2.23. The molecule has 0 saturated carbocycles. The van der Waals surface area contributed by atoms with E-state index in [1.54, 1.807) is 6.20 Å². The van der Waals surface area contributed by atoms with Crippen LogP contribution in [0.2, 0.25) is 0 Å². The highest BCUT2D eigenvalue weighted by molar-refractivity contribution is 5.07.